The van der Waals surface area contributed by atoms with Crippen LogP contribution in [-0.2, 0) is 6.54 Å². The van der Waals surface area contributed by atoms with Gasteiger partial charge in [-0.15, -0.1) is 0 Å². The van der Waals surface area contributed by atoms with Crippen molar-refractivity contribution in [1.29, 1.82) is 0 Å². The quantitative estimate of drug-likeness (QED) is 0.814. The average molecular weight is 208 g/mol. The van der Waals surface area contributed by atoms with Crippen molar-refractivity contribution in [2.75, 3.05) is 13.1 Å². The second kappa shape index (κ2) is 4.75. The summed E-state index contributed by atoms with van der Waals surface area (Å²) in [5.41, 5.74) is 0. The van der Waals surface area contributed by atoms with E-state index in [4.69, 9.17) is 0 Å². The summed E-state index contributed by atoms with van der Waals surface area (Å²) in [6.45, 7) is 7.37. The van der Waals surface area contributed by atoms with E-state index in [0.29, 0.717) is 0 Å². The minimum absolute atomic E-state index is 0.871. The molecule has 0 amide bonds. The van der Waals surface area contributed by atoms with Crippen LogP contribution in [0.4, 0.5) is 0 Å². The lowest BCUT2D eigenvalue weighted by atomic mass is 9.95. The summed E-state index contributed by atoms with van der Waals surface area (Å²) in [4.78, 5) is 4.31. The van der Waals surface area contributed by atoms with E-state index in [0.717, 1.165) is 24.1 Å². The number of rotatable bonds is 3. The number of hydrogen-bond donors (Lipinski definition) is 1. The molecule has 0 atom stereocenters. The van der Waals surface area contributed by atoms with Crippen molar-refractivity contribution in [2.45, 2.75) is 39.7 Å². The first kappa shape index (κ1) is 10.6. The first-order valence-electron chi connectivity index (χ1n) is 5.84. The summed E-state index contributed by atoms with van der Waals surface area (Å²) in [6, 6.07) is 0. The second-order valence-electron chi connectivity index (χ2n) is 4.41. The van der Waals surface area contributed by atoms with E-state index in [1.54, 1.807) is 0 Å². The van der Waals surface area contributed by atoms with Crippen molar-refractivity contribution in [1.82, 2.24) is 20.1 Å². The van der Waals surface area contributed by atoms with Crippen LogP contribution in [0.3, 0.4) is 0 Å². The van der Waals surface area contributed by atoms with Crippen molar-refractivity contribution in [3.05, 3.63) is 11.6 Å². The molecular weight excluding hydrogens is 188 g/mol. The van der Waals surface area contributed by atoms with Gasteiger partial charge in [-0.05, 0) is 52.1 Å². The molecule has 4 nitrogen and oxygen atoms in total. The second-order valence-corrected chi connectivity index (χ2v) is 4.41. The summed E-state index contributed by atoms with van der Waals surface area (Å²) in [5.74, 6) is 2.80. The van der Waals surface area contributed by atoms with Crippen LogP contribution in [0.5, 0.6) is 0 Å². The Morgan fingerprint density at radius 3 is 2.67 bits per heavy atom. The van der Waals surface area contributed by atoms with Gasteiger partial charge in [0.05, 0.1) is 0 Å². The molecule has 0 saturated carbocycles. The van der Waals surface area contributed by atoms with Crippen molar-refractivity contribution in [3.8, 4) is 0 Å². The summed E-state index contributed by atoms with van der Waals surface area (Å²) < 4.78 is 2.04. The molecule has 15 heavy (non-hydrogen) atoms. The third kappa shape index (κ3) is 2.78. The van der Waals surface area contributed by atoms with Gasteiger partial charge in [-0.3, -0.25) is 4.68 Å². The van der Waals surface area contributed by atoms with Gasteiger partial charge in [0.2, 0.25) is 0 Å². The number of piperidine rings is 1. The number of nitrogens with zero attached hydrogens (tertiary/aromatic N) is 3. The fraction of sp³-hybridized carbons (Fsp3) is 0.818. The largest absolute Gasteiger partial charge is 0.317 e. The Morgan fingerprint density at radius 2 is 2.07 bits per heavy atom. The van der Waals surface area contributed by atoms with E-state index in [1.165, 1.54) is 32.4 Å². The van der Waals surface area contributed by atoms with Crippen LogP contribution in [0.15, 0.2) is 0 Å². The molecule has 1 saturated heterocycles. The molecule has 1 aliphatic heterocycles. The number of nitrogens with one attached hydrogen (secondary N) is 1. The van der Waals surface area contributed by atoms with Crippen molar-refractivity contribution in [2.24, 2.45) is 5.92 Å². The Morgan fingerprint density at radius 1 is 1.33 bits per heavy atom. The molecule has 1 aromatic heterocycles. The standard InChI is InChI=1S/C11H20N4/c1-9-13-10(2)15(14-9)8-5-11-3-6-12-7-4-11/h11-12H,3-8H2,1-2H3. The molecular formula is C11H20N4. The van der Waals surface area contributed by atoms with Gasteiger partial charge in [0.25, 0.3) is 0 Å². The fourth-order valence-corrected chi connectivity index (χ4v) is 2.25. The van der Waals surface area contributed by atoms with Crippen molar-refractivity contribution >= 4 is 0 Å². The number of aromatic nitrogens is 3. The molecule has 0 bridgehead atoms. The van der Waals surface area contributed by atoms with Gasteiger partial charge in [-0.25, -0.2) is 4.98 Å². The predicted molar refractivity (Wildman–Crippen MR) is 59.7 cm³/mol. The first-order chi connectivity index (χ1) is 7.25. The minimum Gasteiger partial charge on any atom is -0.317 e. The highest BCUT2D eigenvalue weighted by Crippen LogP contribution is 2.16. The highest BCUT2D eigenvalue weighted by Gasteiger charge is 2.13. The van der Waals surface area contributed by atoms with E-state index >= 15 is 0 Å². The molecule has 0 aromatic carbocycles. The molecule has 1 aromatic rings. The van der Waals surface area contributed by atoms with E-state index in [1.807, 2.05) is 18.5 Å². The molecule has 1 fully saturated rings. The first-order valence-corrected chi connectivity index (χ1v) is 5.84. The summed E-state index contributed by atoms with van der Waals surface area (Å²) in [6.07, 6.45) is 3.87. The Balaban J connectivity index is 1.84. The fourth-order valence-electron chi connectivity index (χ4n) is 2.25. The molecule has 0 aliphatic carbocycles. The third-order valence-electron chi connectivity index (χ3n) is 3.17. The van der Waals surface area contributed by atoms with Gasteiger partial charge in [0.15, 0.2) is 0 Å². The lowest BCUT2D eigenvalue weighted by Crippen LogP contribution is -2.28. The summed E-state index contributed by atoms with van der Waals surface area (Å²) in [5, 5.41) is 7.78. The van der Waals surface area contributed by atoms with Crippen LogP contribution < -0.4 is 5.32 Å². The molecule has 4 heteroatoms. The predicted octanol–water partition coefficient (Wildman–Crippen LogP) is 1.28. The maximum atomic E-state index is 4.38. The van der Waals surface area contributed by atoms with E-state index in [9.17, 15) is 0 Å². The summed E-state index contributed by atoms with van der Waals surface area (Å²) in [7, 11) is 0. The van der Waals surface area contributed by atoms with E-state index in [-0.39, 0.29) is 0 Å². The van der Waals surface area contributed by atoms with Gasteiger partial charge < -0.3 is 5.32 Å². The molecule has 0 spiro atoms. The van der Waals surface area contributed by atoms with Crippen LogP contribution in [0.1, 0.15) is 30.9 Å². The molecule has 0 unspecified atom stereocenters. The topological polar surface area (TPSA) is 42.7 Å². The van der Waals surface area contributed by atoms with Gasteiger partial charge in [0, 0.05) is 6.54 Å². The highest BCUT2D eigenvalue weighted by atomic mass is 15.3. The van der Waals surface area contributed by atoms with Crippen LogP contribution in [-0.4, -0.2) is 27.9 Å². The molecule has 1 N–H and O–H groups in total. The molecule has 2 rings (SSSR count). The van der Waals surface area contributed by atoms with Gasteiger partial charge >= 0.3 is 0 Å². The average Bonchev–Trinajstić information content (AvgIpc) is 2.56. The SMILES string of the molecule is Cc1nc(C)n(CCC2CCNCC2)n1. The van der Waals surface area contributed by atoms with Crippen molar-refractivity contribution < 1.29 is 0 Å². The number of hydrogen-bond acceptors (Lipinski definition) is 3. The normalized spacial score (nSPS) is 18.3. The molecule has 0 radical (unpaired) electrons. The molecule has 1 aliphatic rings. The molecule has 2 heterocycles. The Kier molecular flexibility index (Phi) is 3.36. The van der Waals surface area contributed by atoms with Crippen LogP contribution in [0, 0.1) is 19.8 Å². The maximum absolute atomic E-state index is 4.38. The van der Waals surface area contributed by atoms with Gasteiger partial charge in [0.1, 0.15) is 11.6 Å². The lowest BCUT2D eigenvalue weighted by Gasteiger charge is -2.22. The monoisotopic (exact) mass is 208 g/mol. The van der Waals surface area contributed by atoms with Crippen LogP contribution in [0.2, 0.25) is 0 Å². The maximum Gasteiger partial charge on any atom is 0.147 e. The summed E-state index contributed by atoms with van der Waals surface area (Å²) >= 11 is 0. The Bertz CT molecular complexity index is 312. The Labute approximate surface area is 91.1 Å². The Hall–Kier alpha value is -0.900. The lowest BCUT2D eigenvalue weighted by molar-refractivity contribution is 0.330. The third-order valence-corrected chi connectivity index (χ3v) is 3.17. The number of aryl methyl sites for hydroxylation is 3. The van der Waals surface area contributed by atoms with E-state index < -0.39 is 0 Å². The van der Waals surface area contributed by atoms with Gasteiger partial charge in [-0.1, -0.05) is 0 Å². The zero-order valence-corrected chi connectivity index (χ0v) is 9.66. The smallest absolute Gasteiger partial charge is 0.147 e. The zero-order chi connectivity index (χ0) is 10.7. The van der Waals surface area contributed by atoms with Crippen LogP contribution in [0.25, 0.3) is 0 Å². The highest BCUT2D eigenvalue weighted by molar-refractivity contribution is 4.87. The van der Waals surface area contributed by atoms with Gasteiger partial charge in [-0.2, -0.15) is 5.10 Å². The molecule has 84 valence electrons. The van der Waals surface area contributed by atoms with Crippen LogP contribution >= 0.6 is 0 Å². The van der Waals surface area contributed by atoms with E-state index in [2.05, 4.69) is 15.4 Å². The zero-order valence-electron chi connectivity index (χ0n) is 9.66. The van der Waals surface area contributed by atoms with Crippen molar-refractivity contribution in [3.63, 3.8) is 0 Å². The minimum atomic E-state index is 0.871.